The first-order valence-electron chi connectivity index (χ1n) is 12.3. The number of piperidine rings is 1. The summed E-state index contributed by atoms with van der Waals surface area (Å²) >= 11 is 0. The molecular formula is C27H29F4N5O3. The Bertz CT molecular complexity index is 1300. The lowest BCUT2D eigenvalue weighted by atomic mass is 9.89. The van der Waals surface area contributed by atoms with Gasteiger partial charge in [-0.25, -0.2) is 14.2 Å². The number of nitrogens with one attached hydrogen (secondary N) is 3. The van der Waals surface area contributed by atoms with Crippen molar-refractivity contribution in [2.45, 2.75) is 24.9 Å². The summed E-state index contributed by atoms with van der Waals surface area (Å²) in [6.45, 7) is 1.72. The van der Waals surface area contributed by atoms with Crippen LogP contribution < -0.4 is 20.7 Å². The third-order valence-corrected chi connectivity index (χ3v) is 6.55. The Labute approximate surface area is 223 Å². The maximum absolute atomic E-state index is 13.7. The molecule has 208 valence electrons. The summed E-state index contributed by atoms with van der Waals surface area (Å²) in [6.07, 6.45) is -3.44. The predicted molar refractivity (Wildman–Crippen MR) is 141 cm³/mol. The van der Waals surface area contributed by atoms with Gasteiger partial charge in [-0.1, -0.05) is 12.1 Å². The summed E-state index contributed by atoms with van der Waals surface area (Å²) < 4.78 is 59.4. The number of nitrogens with zero attached hydrogens (tertiary/aromatic N) is 2. The van der Waals surface area contributed by atoms with Gasteiger partial charge in [-0.3, -0.25) is 5.32 Å². The summed E-state index contributed by atoms with van der Waals surface area (Å²) in [5, 5.41) is 16.8. The summed E-state index contributed by atoms with van der Waals surface area (Å²) in [7, 11) is 1.51. The Morgan fingerprint density at radius 1 is 1.08 bits per heavy atom. The number of pyridine rings is 1. The molecule has 1 saturated heterocycles. The molecule has 0 aliphatic carbocycles. The predicted octanol–water partition coefficient (Wildman–Crippen LogP) is 6.84. The van der Waals surface area contributed by atoms with E-state index in [1.165, 1.54) is 37.4 Å². The quantitative estimate of drug-likeness (QED) is 0.218. The molecule has 1 amide bonds. The van der Waals surface area contributed by atoms with Crippen LogP contribution in [0.5, 0.6) is 5.75 Å². The fourth-order valence-electron chi connectivity index (χ4n) is 4.62. The monoisotopic (exact) mass is 547 g/mol. The number of hydrogen-bond donors (Lipinski definition) is 4. The minimum absolute atomic E-state index is 0.149. The van der Waals surface area contributed by atoms with Crippen molar-refractivity contribution < 1.29 is 32.2 Å². The fraction of sp³-hybridized carbons (Fsp3) is 0.333. The highest BCUT2D eigenvalue weighted by molar-refractivity contribution is 5.84. The van der Waals surface area contributed by atoms with Crippen molar-refractivity contribution in [3.05, 3.63) is 65.9 Å². The van der Waals surface area contributed by atoms with Crippen LogP contribution >= 0.6 is 0 Å². The number of hydrogen-bond acceptors (Lipinski definition) is 6. The summed E-state index contributed by atoms with van der Waals surface area (Å²) in [5.41, 5.74) is 0.820. The Morgan fingerprint density at radius 3 is 2.49 bits per heavy atom. The number of rotatable bonds is 9. The van der Waals surface area contributed by atoms with Gasteiger partial charge in [-0.15, -0.1) is 0 Å². The largest absolute Gasteiger partial charge is 0.495 e. The van der Waals surface area contributed by atoms with Gasteiger partial charge in [0.15, 0.2) is 0 Å². The molecule has 3 aromatic rings. The molecule has 4 rings (SSSR count). The lowest BCUT2D eigenvalue weighted by Crippen LogP contribution is -2.34. The van der Waals surface area contributed by atoms with Gasteiger partial charge in [0.1, 0.15) is 18.2 Å². The zero-order valence-electron chi connectivity index (χ0n) is 21.2. The number of alkyl halides is 4. The van der Waals surface area contributed by atoms with Crippen LogP contribution in [0.15, 0.2) is 54.7 Å². The van der Waals surface area contributed by atoms with E-state index in [9.17, 15) is 22.4 Å². The minimum atomic E-state index is -4.68. The van der Waals surface area contributed by atoms with Crippen molar-refractivity contribution in [3.8, 4) is 5.75 Å². The smallest absolute Gasteiger partial charge is 0.419 e. The zero-order chi connectivity index (χ0) is 28.0. The molecule has 1 aliphatic heterocycles. The van der Waals surface area contributed by atoms with Crippen molar-refractivity contribution >= 4 is 34.7 Å². The van der Waals surface area contributed by atoms with E-state index in [-0.39, 0.29) is 29.6 Å². The van der Waals surface area contributed by atoms with Crippen molar-refractivity contribution in [2.24, 2.45) is 0 Å². The zero-order valence-corrected chi connectivity index (χ0v) is 21.2. The molecule has 2 heterocycles. The lowest BCUT2D eigenvalue weighted by molar-refractivity contribution is -0.137. The molecule has 0 radical (unpaired) electrons. The van der Waals surface area contributed by atoms with Crippen LogP contribution in [0.3, 0.4) is 0 Å². The van der Waals surface area contributed by atoms with E-state index in [1.54, 1.807) is 6.07 Å². The highest BCUT2D eigenvalue weighted by atomic mass is 19.4. The number of methoxy groups -OCH3 is 1. The summed E-state index contributed by atoms with van der Waals surface area (Å²) in [6, 6.07) is 12.8. The number of aromatic nitrogens is 1. The van der Waals surface area contributed by atoms with E-state index in [0.29, 0.717) is 23.9 Å². The van der Waals surface area contributed by atoms with Gasteiger partial charge < -0.3 is 25.4 Å². The van der Waals surface area contributed by atoms with Gasteiger partial charge >= 0.3 is 12.3 Å². The number of benzene rings is 2. The van der Waals surface area contributed by atoms with Crippen LogP contribution in [0.4, 0.5) is 50.9 Å². The molecule has 1 aromatic heterocycles. The molecule has 0 bridgehead atoms. The van der Waals surface area contributed by atoms with Gasteiger partial charge in [0, 0.05) is 30.2 Å². The maximum Gasteiger partial charge on any atom is 0.419 e. The van der Waals surface area contributed by atoms with Gasteiger partial charge in [0.2, 0.25) is 0 Å². The van der Waals surface area contributed by atoms with E-state index in [2.05, 4.69) is 25.8 Å². The number of carbonyl (C=O) groups is 1. The lowest BCUT2D eigenvalue weighted by Gasteiger charge is -2.31. The molecule has 0 atom stereocenters. The van der Waals surface area contributed by atoms with Crippen LogP contribution in [0.1, 0.15) is 29.9 Å². The maximum atomic E-state index is 13.7. The first-order chi connectivity index (χ1) is 18.7. The average molecular weight is 548 g/mol. The minimum Gasteiger partial charge on any atom is -0.495 e. The van der Waals surface area contributed by atoms with Crippen LogP contribution in [-0.2, 0) is 6.18 Å². The number of amides is 1. The second-order valence-electron chi connectivity index (χ2n) is 9.14. The molecule has 0 spiro atoms. The van der Waals surface area contributed by atoms with Crippen molar-refractivity contribution in [1.82, 2.24) is 9.88 Å². The molecule has 8 nitrogen and oxygen atoms in total. The highest BCUT2D eigenvalue weighted by Crippen LogP contribution is 2.39. The average Bonchev–Trinajstić information content (AvgIpc) is 2.89. The van der Waals surface area contributed by atoms with E-state index in [0.717, 1.165) is 37.7 Å². The topological polar surface area (TPSA) is 98.8 Å². The Hall–Kier alpha value is -4.06. The van der Waals surface area contributed by atoms with E-state index in [4.69, 9.17) is 9.84 Å². The highest BCUT2D eigenvalue weighted by Gasteiger charge is 2.34. The van der Waals surface area contributed by atoms with Crippen molar-refractivity contribution in [3.63, 3.8) is 0 Å². The number of ether oxygens (including phenoxy) is 1. The standard InChI is InChI=1S/C27H29F4N5O3/c1-39-24-13-18(17-7-10-36(11-8-17)12-9-28)5-6-22(24)35-25-15-23(21(16-32-25)27(29,30)31)33-19-3-2-4-20(14-19)34-26(37)38/h2-6,13-17,34H,7-12H2,1H3,(H,37,38)(H2,32,33,35). The molecule has 12 heteroatoms. The molecule has 39 heavy (non-hydrogen) atoms. The second kappa shape index (κ2) is 12.2. The van der Waals surface area contributed by atoms with Crippen LogP contribution in [0, 0.1) is 0 Å². The third kappa shape index (κ3) is 7.29. The molecule has 2 aromatic carbocycles. The molecule has 1 aliphatic rings. The van der Waals surface area contributed by atoms with Gasteiger partial charge in [0.05, 0.1) is 24.0 Å². The van der Waals surface area contributed by atoms with Gasteiger partial charge in [-0.05, 0) is 67.7 Å². The first-order valence-corrected chi connectivity index (χ1v) is 12.3. The second-order valence-corrected chi connectivity index (χ2v) is 9.14. The number of likely N-dealkylation sites (tertiary alicyclic amines) is 1. The van der Waals surface area contributed by atoms with Crippen molar-refractivity contribution in [2.75, 3.05) is 49.4 Å². The van der Waals surface area contributed by atoms with Crippen molar-refractivity contribution in [1.29, 1.82) is 0 Å². The van der Waals surface area contributed by atoms with E-state index >= 15 is 0 Å². The molecule has 4 N–H and O–H groups in total. The van der Waals surface area contributed by atoms with Crippen LogP contribution in [-0.4, -0.2) is 54.5 Å². The van der Waals surface area contributed by atoms with E-state index in [1.807, 2.05) is 12.1 Å². The molecule has 0 saturated carbocycles. The fourth-order valence-corrected chi connectivity index (χ4v) is 4.62. The summed E-state index contributed by atoms with van der Waals surface area (Å²) in [5.74, 6) is 0.966. The summed E-state index contributed by atoms with van der Waals surface area (Å²) in [4.78, 5) is 17.0. The number of carboxylic acid groups (broad SMARTS) is 1. The van der Waals surface area contributed by atoms with Gasteiger partial charge in [0.25, 0.3) is 0 Å². The van der Waals surface area contributed by atoms with Gasteiger partial charge in [-0.2, -0.15) is 13.2 Å². The number of halogens is 4. The normalized spacial score (nSPS) is 14.6. The Balaban J connectivity index is 1.56. The number of anilines is 5. The molecule has 1 fully saturated rings. The van der Waals surface area contributed by atoms with E-state index < -0.39 is 17.8 Å². The SMILES string of the molecule is COc1cc(C2CCN(CCF)CC2)ccc1Nc1cc(Nc2cccc(NC(=O)O)c2)c(C(F)(F)F)cn1. The first kappa shape index (κ1) is 28.0. The third-order valence-electron chi connectivity index (χ3n) is 6.55. The molecular weight excluding hydrogens is 518 g/mol. The van der Waals surface area contributed by atoms with Crippen LogP contribution in [0.25, 0.3) is 0 Å². The van der Waals surface area contributed by atoms with Crippen LogP contribution in [0.2, 0.25) is 0 Å². The molecule has 0 unspecified atom stereocenters. The Kier molecular flexibility index (Phi) is 8.75. The Morgan fingerprint density at radius 2 is 1.82 bits per heavy atom.